The van der Waals surface area contributed by atoms with Crippen LogP contribution in [0.15, 0.2) is 54.6 Å². The SMILES string of the molecule is CC(OC(=O)c1nn(-c2ccc(F)cc2)c2c1CCCC2)C(=O)N1CCN(c2ccccc2)CC1. The molecule has 2 aromatic carbocycles. The van der Waals surface area contributed by atoms with Gasteiger partial charge in [-0.15, -0.1) is 0 Å². The molecule has 0 N–H and O–H groups in total. The number of nitrogens with zero attached hydrogens (tertiary/aromatic N) is 4. The van der Waals surface area contributed by atoms with Gasteiger partial charge in [0.05, 0.1) is 5.69 Å². The second kappa shape index (κ2) is 9.90. The second-order valence-electron chi connectivity index (χ2n) is 9.06. The number of aromatic nitrogens is 2. The number of amides is 1. The largest absolute Gasteiger partial charge is 0.448 e. The molecule has 0 bridgehead atoms. The number of halogens is 1. The van der Waals surface area contributed by atoms with E-state index in [4.69, 9.17) is 4.74 Å². The molecule has 3 aromatic rings. The molecule has 7 nitrogen and oxygen atoms in total. The number of carbonyl (C=O) groups excluding carboxylic acids is 2. The number of ether oxygens (including phenoxy) is 1. The first kappa shape index (κ1) is 23.1. The van der Waals surface area contributed by atoms with Gasteiger partial charge in [0.25, 0.3) is 5.91 Å². The van der Waals surface area contributed by atoms with Crippen molar-refractivity contribution in [3.63, 3.8) is 0 Å². The third kappa shape index (κ3) is 4.78. The molecule has 1 fully saturated rings. The Kier molecular flexibility index (Phi) is 6.53. The van der Waals surface area contributed by atoms with Crippen LogP contribution in [0.25, 0.3) is 5.69 Å². The maximum atomic E-state index is 13.4. The fourth-order valence-corrected chi connectivity index (χ4v) is 4.91. The summed E-state index contributed by atoms with van der Waals surface area (Å²) in [5, 5.41) is 4.55. The number of para-hydroxylation sites is 1. The predicted octanol–water partition coefficient (Wildman–Crippen LogP) is 3.78. The molecule has 8 heteroatoms. The number of piperazine rings is 1. The average Bonchev–Trinajstić information content (AvgIpc) is 3.29. The predicted molar refractivity (Wildman–Crippen MR) is 130 cm³/mol. The zero-order valence-electron chi connectivity index (χ0n) is 19.8. The van der Waals surface area contributed by atoms with Crippen molar-refractivity contribution in [2.75, 3.05) is 31.1 Å². The van der Waals surface area contributed by atoms with Crippen molar-refractivity contribution in [2.24, 2.45) is 0 Å². The molecule has 1 unspecified atom stereocenters. The van der Waals surface area contributed by atoms with Gasteiger partial charge in [0.2, 0.25) is 0 Å². The van der Waals surface area contributed by atoms with Gasteiger partial charge in [0, 0.05) is 43.1 Å². The first-order valence-corrected chi connectivity index (χ1v) is 12.2. The molecule has 5 rings (SSSR count). The van der Waals surface area contributed by atoms with E-state index in [1.165, 1.54) is 12.1 Å². The molecule has 0 radical (unpaired) electrons. The Labute approximate surface area is 204 Å². The van der Waals surface area contributed by atoms with Gasteiger partial charge in [-0.1, -0.05) is 18.2 Å². The Hall–Kier alpha value is -3.68. The molecule has 2 aliphatic rings. The Morgan fingerprint density at radius 2 is 1.60 bits per heavy atom. The lowest BCUT2D eigenvalue weighted by Gasteiger charge is -2.37. The molecule has 1 aliphatic carbocycles. The summed E-state index contributed by atoms with van der Waals surface area (Å²) < 4.78 is 20.7. The van der Waals surface area contributed by atoms with Crippen molar-refractivity contribution in [3.05, 3.63) is 77.4 Å². The highest BCUT2D eigenvalue weighted by Crippen LogP contribution is 2.28. The summed E-state index contributed by atoms with van der Waals surface area (Å²) in [5.41, 5.74) is 3.90. The maximum Gasteiger partial charge on any atom is 0.359 e. The lowest BCUT2D eigenvalue weighted by Crippen LogP contribution is -2.51. The third-order valence-electron chi connectivity index (χ3n) is 6.79. The Morgan fingerprint density at radius 3 is 2.31 bits per heavy atom. The van der Waals surface area contributed by atoms with E-state index in [-0.39, 0.29) is 17.4 Å². The van der Waals surface area contributed by atoms with Gasteiger partial charge in [-0.3, -0.25) is 4.79 Å². The lowest BCUT2D eigenvalue weighted by molar-refractivity contribution is -0.140. The highest BCUT2D eigenvalue weighted by atomic mass is 19.1. The topological polar surface area (TPSA) is 67.7 Å². The van der Waals surface area contributed by atoms with Gasteiger partial charge >= 0.3 is 5.97 Å². The standard InChI is InChI=1S/C27H29FN4O3/c1-19(26(33)31-17-15-30(16-18-31)21-7-3-2-4-8-21)35-27(34)25-23-9-5-6-10-24(23)32(29-25)22-13-11-20(28)12-14-22/h2-4,7-8,11-14,19H,5-6,9-10,15-18H2,1H3. The summed E-state index contributed by atoms with van der Waals surface area (Å²) >= 11 is 0. The minimum absolute atomic E-state index is 0.196. The zero-order chi connectivity index (χ0) is 24.4. The second-order valence-corrected chi connectivity index (χ2v) is 9.06. The molecule has 0 spiro atoms. The van der Waals surface area contributed by atoms with Crippen molar-refractivity contribution >= 4 is 17.6 Å². The van der Waals surface area contributed by atoms with Crippen LogP contribution in [0.2, 0.25) is 0 Å². The van der Waals surface area contributed by atoms with Crippen LogP contribution in [0.4, 0.5) is 10.1 Å². The number of hydrogen-bond donors (Lipinski definition) is 0. The first-order chi connectivity index (χ1) is 17.0. The summed E-state index contributed by atoms with van der Waals surface area (Å²) in [6.07, 6.45) is 2.57. The van der Waals surface area contributed by atoms with E-state index >= 15 is 0 Å². The van der Waals surface area contributed by atoms with Gasteiger partial charge in [0.1, 0.15) is 5.82 Å². The minimum Gasteiger partial charge on any atom is -0.448 e. The summed E-state index contributed by atoms with van der Waals surface area (Å²) in [7, 11) is 0. The highest BCUT2D eigenvalue weighted by Gasteiger charge is 2.31. The van der Waals surface area contributed by atoms with Crippen LogP contribution in [-0.2, 0) is 22.4 Å². The molecule has 1 aliphatic heterocycles. The molecular formula is C27H29FN4O3. The van der Waals surface area contributed by atoms with Crippen LogP contribution in [0, 0.1) is 5.82 Å². The summed E-state index contributed by atoms with van der Waals surface area (Å²) in [6, 6.07) is 16.2. The van der Waals surface area contributed by atoms with Crippen LogP contribution >= 0.6 is 0 Å². The van der Waals surface area contributed by atoms with E-state index in [0.717, 1.165) is 55.7 Å². The fourth-order valence-electron chi connectivity index (χ4n) is 4.91. The number of rotatable bonds is 5. The number of fused-ring (bicyclic) bond motifs is 1. The van der Waals surface area contributed by atoms with Gasteiger partial charge in [0.15, 0.2) is 11.8 Å². The summed E-state index contributed by atoms with van der Waals surface area (Å²) in [6.45, 7) is 4.22. The van der Waals surface area contributed by atoms with Gasteiger partial charge in [-0.05, 0) is 69.0 Å². The number of benzene rings is 2. The smallest absolute Gasteiger partial charge is 0.359 e. The van der Waals surface area contributed by atoms with Crippen molar-refractivity contribution < 1.29 is 18.7 Å². The Morgan fingerprint density at radius 1 is 0.914 bits per heavy atom. The van der Waals surface area contributed by atoms with E-state index in [0.29, 0.717) is 18.8 Å². The van der Waals surface area contributed by atoms with E-state index in [9.17, 15) is 14.0 Å². The number of carbonyl (C=O) groups is 2. The van der Waals surface area contributed by atoms with Crippen LogP contribution in [0.1, 0.15) is 41.5 Å². The third-order valence-corrected chi connectivity index (χ3v) is 6.79. The Bertz CT molecular complexity index is 1200. The van der Waals surface area contributed by atoms with Gasteiger partial charge < -0.3 is 14.5 Å². The summed E-state index contributed by atoms with van der Waals surface area (Å²) in [5.74, 6) is -1.11. The van der Waals surface area contributed by atoms with Gasteiger partial charge in [-0.25, -0.2) is 13.9 Å². The number of hydrogen-bond acceptors (Lipinski definition) is 5. The molecule has 182 valence electrons. The van der Waals surface area contributed by atoms with Crippen LogP contribution in [0.5, 0.6) is 0 Å². The van der Waals surface area contributed by atoms with Crippen LogP contribution in [-0.4, -0.2) is 58.8 Å². The fraction of sp³-hybridized carbons (Fsp3) is 0.370. The van der Waals surface area contributed by atoms with E-state index in [1.54, 1.807) is 28.6 Å². The van der Waals surface area contributed by atoms with Crippen LogP contribution < -0.4 is 4.90 Å². The van der Waals surface area contributed by atoms with Crippen molar-refractivity contribution in [2.45, 2.75) is 38.7 Å². The highest BCUT2D eigenvalue weighted by molar-refractivity contribution is 5.92. The zero-order valence-corrected chi connectivity index (χ0v) is 19.8. The molecule has 1 aromatic heterocycles. The normalized spacial score (nSPS) is 16.5. The summed E-state index contributed by atoms with van der Waals surface area (Å²) in [4.78, 5) is 30.1. The molecule has 1 atom stereocenters. The molecular weight excluding hydrogens is 447 g/mol. The molecule has 35 heavy (non-hydrogen) atoms. The van der Waals surface area contributed by atoms with Crippen LogP contribution in [0.3, 0.4) is 0 Å². The van der Waals surface area contributed by atoms with Gasteiger partial charge in [-0.2, -0.15) is 5.10 Å². The maximum absolute atomic E-state index is 13.4. The number of anilines is 1. The molecule has 1 saturated heterocycles. The lowest BCUT2D eigenvalue weighted by atomic mass is 9.95. The van der Waals surface area contributed by atoms with Crippen molar-refractivity contribution in [1.82, 2.24) is 14.7 Å². The quantitative estimate of drug-likeness (QED) is 0.525. The molecule has 1 amide bonds. The number of esters is 1. The average molecular weight is 477 g/mol. The monoisotopic (exact) mass is 476 g/mol. The van der Waals surface area contributed by atoms with E-state index < -0.39 is 12.1 Å². The van der Waals surface area contributed by atoms with E-state index in [2.05, 4.69) is 22.1 Å². The van der Waals surface area contributed by atoms with Crippen molar-refractivity contribution in [3.8, 4) is 5.69 Å². The van der Waals surface area contributed by atoms with E-state index in [1.807, 2.05) is 18.2 Å². The minimum atomic E-state index is -0.902. The molecule has 2 heterocycles. The van der Waals surface area contributed by atoms with Crippen molar-refractivity contribution in [1.29, 1.82) is 0 Å². The first-order valence-electron chi connectivity index (χ1n) is 12.2. The molecule has 0 saturated carbocycles. The Balaban J connectivity index is 1.26.